The Hall–Kier alpha value is -2.87. The van der Waals surface area contributed by atoms with E-state index in [1.807, 2.05) is 6.92 Å². The highest BCUT2D eigenvalue weighted by Crippen LogP contribution is 2.28. The lowest BCUT2D eigenvalue weighted by atomic mass is 10.2. The second-order valence-corrected chi connectivity index (χ2v) is 6.28. The molecule has 8 heteroatoms. The van der Waals surface area contributed by atoms with Gasteiger partial charge in [0.25, 0.3) is 5.91 Å². The predicted octanol–water partition coefficient (Wildman–Crippen LogP) is 3.68. The van der Waals surface area contributed by atoms with Crippen LogP contribution >= 0.6 is 11.3 Å². The minimum absolute atomic E-state index is 0.267. The monoisotopic (exact) mass is 343 g/mol. The van der Waals surface area contributed by atoms with E-state index in [1.54, 1.807) is 25.4 Å². The fourth-order valence-electron chi connectivity index (χ4n) is 2.07. The van der Waals surface area contributed by atoms with Gasteiger partial charge in [-0.25, -0.2) is 19.3 Å². The zero-order valence-electron chi connectivity index (χ0n) is 13.0. The highest BCUT2D eigenvalue weighted by Gasteiger charge is 2.18. The van der Waals surface area contributed by atoms with E-state index < -0.39 is 0 Å². The Bertz CT molecular complexity index is 881. The summed E-state index contributed by atoms with van der Waals surface area (Å²) in [5.41, 5.74) is 1.90. The van der Waals surface area contributed by atoms with Gasteiger partial charge in [0.1, 0.15) is 17.1 Å². The molecule has 6 nitrogen and oxygen atoms in total. The quantitative estimate of drug-likeness (QED) is 0.755. The first-order valence-electron chi connectivity index (χ1n) is 7.10. The summed E-state index contributed by atoms with van der Waals surface area (Å²) in [5.74, 6) is -0.686. The van der Waals surface area contributed by atoms with Gasteiger partial charge in [-0.3, -0.25) is 4.79 Å². The first-order valence-corrected chi connectivity index (χ1v) is 7.91. The zero-order valence-corrected chi connectivity index (χ0v) is 13.8. The maximum Gasteiger partial charge on any atom is 0.277 e. The van der Waals surface area contributed by atoms with Crippen molar-refractivity contribution in [1.29, 1.82) is 0 Å². The molecule has 0 saturated carbocycles. The van der Waals surface area contributed by atoms with Gasteiger partial charge in [0.15, 0.2) is 5.69 Å². The summed E-state index contributed by atoms with van der Waals surface area (Å²) in [6.07, 6.45) is 4.63. The van der Waals surface area contributed by atoms with Gasteiger partial charge in [-0.1, -0.05) is 0 Å². The number of hydrogen-bond acceptors (Lipinski definition) is 6. The van der Waals surface area contributed by atoms with Crippen LogP contribution in [-0.4, -0.2) is 20.9 Å². The van der Waals surface area contributed by atoms with Gasteiger partial charge in [-0.05, 0) is 37.6 Å². The molecular formula is C16H14FN5OS. The number of aromatic nitrogens is 3. The van der Waals surface area contributed by atoms with Crippen molar-refractivity contribution in [3.8, 4) is 0 Å². The van der Waals surface area contributed by atoms with E-state index in [1.165, 1.54) is 29.8 Å². The van der Waals surface area contributed by atoms with Crippen molar-refractivity contribution < 1.29 is 9.18 Å². The highest BCUT2D eigenvalue weighted by molar-refractivity contribution is 7.16. The molecule has 0 fully saturated rings. The summed E-state index contributed by atoms with van der Waals surface area (Å²) in [4.78, 5) is 24.6. The molecule has 0 radical (unpaired) electrons. The Morgan fingerprint density at radius 1 is 1.17 bits per heavy atom. The maximum absolute atomic E-state index is 13.3. The molecule has 0 saturated heterocycles. The van der Waals surface area contributed by atoms with E-state index >= 15 is 0 Å². The normalized spacial score (nSPS) is 10.5. The first kappa shape index (κ1) is 16.0. The number of halogens is 1. The Morgan fingerprint density at radius 2 is 1.92 bits per heavy atom. The third-order valence-corrected chi connectivity index (χ3v) is 4.07. The summed E-state index contributed by atoms with van der Waals surface area (Å²) >= 11 is 1.36. The lowest BCUT2D eigenvalue weighted by Gasteiger charge is -2.07. The van der Waals surface area contributed by atoms with E-state index in [4.69, 9.17) is 0 Å². The SMILES string of the molecule is Cc1nc(C(=O)Nc2ccc(F)c(C)c2)c(Nc2cncnc2)s1. The van der Waals surface area contributed by atoms with E-state index in [2.05, 4.69) is 25.6 Å². The Balaban J connectivity index is 1.83. The molecule has 0 spiro atoms. The molecule has 122 valence electrons. The lowest BCUT2D eigenvalue weighted by Crippen LogP contribution is -2.14. The number of hydrogen-bond donors (Lipinski definition) is 2. The van der Waals surface area contributed by atoms with Crippen molar-refractivity contribution in [3.63, 3.8) is 0 Å². The topological polar surface area (TPSA) is 79.8 Å². The third-order valence-electron chi connectivity index (χ3n) is 3.18. The van der Waals surface area contributed by atoms with Crippen molar-refractivity contribution in [2.24, 2.45) is 0 Å². The summed E-state index contributed by atoms with van der Waals surface area (Å²) in [7, 11) is 0. The fraction of sp³-hybridized carbons (Fsp3) is 0.125. The molecule has 0 bridgehead atoms. The molecule has 3 rings (SSSR count). The minimum atomic E-state index is -0.371. The molecule has 1 amide bonds. The first-order chi connectivity index (χ1) is 11.5. The van der Waals surface area contributed by atoms with Crippen LogP contribution in [0, 0.1) is 19.7 Å². The molecule has 24 heavy (non-hydrogen) atoms. The summed E-state index contributed by atoms with van der Waals surface area (Å²) in [6.45, 7) is 3.45. The molecule has 2 aromatic heterocycles. The number of aryl methyl sites for hydroxylation is 2. The zero-order chi connectivity index (χ0) is 17.1. The van der Waals surface area contributed by atoms with Crippen LogP contribution in [0.1, 0.15) is 21.1 Å². The van der Waals surface area contributed by atoms with Gasteiger partial charge in [0.05, 0.1) is 23.1 Å². The van der Waals surface area contributed by atoms with Crippen molar-refractivity contribution in [1.82, 2.24) is 15.0 Å². The van der Waals surface area contributed by atoms with E-state index in [0.29, 0.717) is 21.9 Å². The van der Waals surface area contributed by atoms with Crippen LogP contribution < -0.4 is 10.6 Å². The maximum atomic E-state index is 13.3. The van der Waals surface area contributed by atoms with Crippen LogP contribution in [0.25, 0.3) is 0 Å². The van der Waals surface area contributed by atoms with Gasteiger partial charge >= 0.3 is 0 Å². The van der Waals surface area contributed by atoms with Crippen molar-refractivity contribution in [3.05, 3.63) is 59.0 Å². The number of amides is 1. The average molecular weight is 343 g/mol. The second kappa shape index (κ2) is 6.71. The van der Waals surface area contributed by atoms with Crippen LogP contribution in [0.5, 0.6) is 0 Å². The molecular weight excluding hydrogens is 329 g/mol. The number of thiazole rings is 1. The fourth-order valence-corrected chi connectivity index (χ4v) is 2.91. The molecule has 3 aromatic rings. The number of rotatable bonds is 4. The molecule has 2 heterocycles. The minimum Gasteiger partial charge on any atom is -0.343 e. The molecule has 0 atom stereocenters. The highest BCUT2D eigenvalue weighted by atomic mass is 32.1. The molecule has 0 aliphatic rings. The van der Waals surface area contributed by atoms with Crippen LogP contribution in [0.4, 0.5) is 20.8 Å². The largest absolute Gasteiger partial charge is 0.343 e. The smallest absolute Gasteiger partial charge is 0.277 e. The van der Waals surface area contributed by atoms with Crippen LogP contribution in [0.3, 0.4) is 0 Å². The predicted molar refractivity (Wildman–Crippen MR) is 91.3 cm³/mol. The summed E-state index contributed by atoms with van der Waals surface area (Å²) in [5, 5.41) is 7.16. The van der Waals surface area contributed by atoms with Crippen LogP contribution in [-0.2, 0) is 0 Å². The lowest BCUT2D eigenvalue weighted by molar-refractivity contribution is 0.102. The Kier molecular flexibility index (Phi) is 4.48. The van der Waals surface area contributed by atoms with E-state index in [-0.39, 0.29) is 17.4 Å². The third kappa shape index (κ3) is 3.54. The van der Waals surface area contributed by atoms with Crippen molar-refractivity contribution in [2.75, 3.05) is 10.6 Å². The molecule has 2 N–H and O–H groups in total. The van der Waals surface area contributed by atoms with E-state index in [9.17, 15) is 9.18 Å². The standard InChI is InChI=1S/C16H14FN5OS/c1-9-5-11(3-4-13(9)17)21-15(23)14-16(24-10(2)20-14)22-12-6-18-8-19-7-12/h3-8,22H,1-2H3,(H,21,23). The second-order valence-electron chi connectivity index (χ2n) is 5.08. The van der Waals surface area contributed by atoms with Crippen molar-refractivity contribution >= 4 is 33.6 Å². The molecule has 0 aliphatic heterocycles. The number of benzene rings is 1. The number of nitrogens with zero attached hydrogens (tertiary/aromatic N) is 3. The molecule has 1 aromatic carbocycles. The van der Waals surface area contributed by atoms with Gasteiger partial charge < -0.3 is 10.6 Å². The number of anilines is 3. The average Bonchev–Trinajstić information content (AvgIpc) is 2.92. The summed E-state index contributed by atoms with van der Waals surface area (Å²) < 4.78 is 13.3. The molecule has 0 aliphatic carbocycles. The van der Waals surface area contributed by atoms with Gasteiger partial charge in [0.2, 0.25) is 0 Å². The number of carbonyl (C=O) groups excluding carboxylic acids is 1. The number of carbonyl (C=O) groups is 1. The van der Waals surface area contributed by atoms with Crippen LogP contribution in [0.2, 0.25) is 0 Å². The van der Waals surface area contributed by atoms with E-state index in [0.717, 1.165) is 5.01 Å². The van der Waals surface area contributed by atoms with Gasteiger partial charge in [-0.15, -0.1) is 11.3 Å². The molecule has 0 unspecified atom stereocenters. The Labute approximate surface area is 141 Å². The van der Waals surface area contributed by atoms with Gasteiger partial charge in [0, 0.05) is 5.69 Å². The van der Waals surface area contributed by atoms with Crippen molar-refractivity contribution in [2.45, 2.75) is 13.8 Å². The Morgan fingerprint density at radius 3 is 2.62 bits per heavy atom. The summed E-state index contributed by atoms with van der Waals surface area (Å²) in [6, 6.07) is 4.40. The number of nitrogens with one attached hydrogen (secondary N) is 2. The van der Waals surface area contributed by atoms with Gasteiger partial charge in [-0.2, -0.15) is 0 Å². The van der Waals surface area contributed by atoms with Crippen LogP contribution in [0.15, 0.2) is 36.9 Å².